The van der Waals surface area contributed by atoms with Crippen molar-refractivity contribution in [2.75, 3.05) is 7.11 Å². The van der Waals surface area contributed by atoms with Crippen molar-refractivity contribution in [3.05, 3.63) is 138 Å². The molecule has 1 fully saturated rings. The zero-order chi connectivity index (χ0) is 25.8. The number of hydrogen-bond acceptors (Lipinski definition) is 4. The fraction of sp³-hybridized carbons (Fsp3) is 0.194. The van der Waals surface area contributed by atoms with Crippen molar-refractivity contribution in [2.45, 2.75) is 36.0 Å². The average molecular weight is 511 g/mol. The number of nitrogens with one attached hydrogen (secondary N) is 1. The highest BCUT2D eigenvalue weighted by Gasteiger charge is 2.60. The third-order valence-electron chi connectivity index (χ3n) is 6.89. The van der Waals surface area contributed by atoms with Crippen LogP contribution in [0.25, 0.3) is 0 Å². The molecule has 0 bridgehead atoms. The van der Waals surface area contributed by atoms with Gasteiger partial charge in [-0.2, -0.15) is 4.31 Å². The summed E-state index contributed by atoms with van der Waals surface area (Å²) >= 11 is 0. The van der Waals surface area contributed by atoms with Gasteiger partial charge in [0.25, 0.3) is 0 Å². The highest BCUT2D eigenvalue weighted by atomic mass is 32.2. The normalized spacial score (nSPS) is 22.4. The molecule has 1 aliphatic rings. The number of carbonyl (C=O) groups excluding carboxylic acids is 1. The lowest BCUT2D eigenvalue weighted by Crippen LogP contribution is -2.54. The molecule has 5 nitrogen and oxygen atoms in total. The predicted molar refractivity (Wildman–Crippen MR) is 146 cm³/mol. The summed E-state index contributed by atoms with van der Waals surface area (Å²) in [6, 6.07) is 36.7. The lowest BCUT2D eigenvalue weighted by Gasteiger charge is -2.35. The fourth-order valence-electron chi connectivity index (χ4n) is 5.14. The molecule has 0 amide bonds. The molecule has 1 N–H and O–H groups in total. The highest BCUT2D eigenvalue weighted by molar-refractivity contribution is 7.82. The molecule has 0 aromatic heterocycles. The quantitative estimate of drug-likeness (QED) is 0.333. The zero-order valence-electron chi connectivity index (χ0n) is 20.9. The van der Waals surface area contributed by atoms with Crippen LogP contribution < -0.4 is 5.32 Å². The van der Waals surface area contributed by atoms with Gasteiger partial charge in [0.2, 0.25) is 0 Å². The standard InChI is InChI=1S/C31H30N2O3S/c1-23-18-20-27(21-19-23)37(35)33-28(25-14-8-4-9-15-25)31(30(34)36-2,22-24-12-6-3-7-13-24)32-29(33)26-16-10-5-11-17-26/h3-21,28-29,32H,22H2,1-2H3/t28-,29+,31-,37+/m1/s1. The first-order valence-electron chi connectivity index (χ1n) is 12.3. The summed E-state index contributed by atoms with van der Waals surface area (Å²) < 4.78 is 21.8. The van der Waals surface area contributed by atoms with Crippen LogP contribution >= 0.6 is 0 Å². The molecule has 0 unspecified atom stereocenters. The third kappa shape index (κ3) is 4.88. The number of methoxy groups -OCH3 is 1. The Balaban J connectivity index is 1.74. The maximum Gasteiger partial charge on any atom is 0.328 e. The maximum absolute atomic E-state index is 14.4. The molecule has 0 aliphatic carbocycles. The number of esters is 1. The molecule has 5 rings (SSSR count). The van der Waals surface area contributed by atoms with Gasteiger partial charge in [0.05, 0.1) is 24.2 Å². The van der Waals surface area contributed by atoms with E-state index in [0.29, 0.717) is 11.3 Å². The van der Waals surface area contributed by atoms with Gasteiger partial charge in [-0.25, -0.2) is 9.00 Å². The predicted octanol–water partition coefficient (Wildman–Crippen LogP) is 5.52. The molecule has 6 heteroatoms. The maximum atomic E-state index is 14.4. The van der Waals surface area contributed by atoms with Crippen LogP contribution in [0.5, 0.6) is 0 Å². The van der Waals surface area contributed by atoms with Crippen molar-refractivity contribution in [2.24, 2.45) is 0 Å². The minimum atomic E-state index is -1.59. The molecule has 1 saturated heterocycles. The Bertz CT molecular complexity index is 1360. The van der Waals surface area contributed by atoms with Gasteiger partial charge >= 0.3 is 5.97 Å². The number of rotatable bonds is 7. The van der Waals surface area contributed by atoms with Gasteiger partial charge in [0.15, 0.2) is 0 Å². The van der Waals surface area contributed by atoms with E-state index in [2.05, 4.69) is 5.32 Å². The molecule has 4 aromatic rings. The Labute approximate surface area is 220 Å². The Morgan fingerprint density at radius 2 is 1.38 bits per heavy atom. The van der Waals surface area contributed by atoms with Crippen LogP contribution in [0.4, 0.5) is 0 Å². The number of nitrogens with zero attached hydrogens (tertiary/aromatic N) is 1. The van der Waals surface area contributed by atoms with E-state index >= 15 is 0 Å². The van der Waals surface area contributed by atoms with E-state index in [1.54, 1.807) is 0 Å². The number of benzene rings is 4. The average Bonchev–Trinajstić information content (AvgIpc) is 3.30. The lowest BCUT2D eigenvalue weighted by atomic mass is 9.81. The van der Waals surface area contributed by atoms with Crippen molar-refractivity contribution < 1.29 is 13.7 Å². The second-order valence-corrected chi connectivity index (χ2v) is 10.7. The summed E-state index contributed by atoms with van der Waals surface area (Å²) in [7, 11) is -0.176. The molecule has 0 radical (unpaired) electrons. The van der Waals surface area contributed by atoms with Crippen LogP contribution in [0.3, 0.4) is 0 Å². The number of ether oxygens (including phenoxy) is 1. The van der Waals surface area contributed by atoms with Crippen molar-refractivity contribution >= 4 is 17.0 Å². The van der Waals surface area contributed by atoms with Gasteiger partial charge in [-0.1, -0.05) is 109 Å². The molecule has 4 atom stereocenters. The highest BCUT2D eigenvalue weighted by Crippen LogP contribution is 2.48. The molecule has 0 spiro atoms. The minimum Gasteiger partial charge on any atom is -0.468 e. The van der Waals surface area contributed by atoms with Crippen molar-refractivity contribution in [3.63, 3.8) is 0 Å². The van der Waals surface area contributed by atoms with E-state index in [4.69, 9.17) is 4.74 Å². The molecular weight excluding hydrogens is 480 g/mol. The van der Waals surface area contributed by atoms with E-state index in [1.165, 1.54) is 7.11 Å². The third-order valence-corrected chi connectivity index (χ3v) is 8.37. The van der Waals surface area contributed by atoms with Crippen LogP contribution in [-0.2, 0) is 26.9 Å². The Kier molecular flexibility index (Phi) is 7.33. The summed E-state index contributed by atoms with van der Waals surface area (Å²) in [6.45, 7) is 2.01. The summed E-state index contributed by atoms with van der Waals surface area (Å²) in [5.74, 6) is -0.394. The summed E-state index contributed by atoms with van der Waals surface area (Å²) in [5, 5.41) is 3.64. The number of aryl methyl sites for hydroxylation is 1. The van der Waals surface area contributed by atoms with Crippen LogP contribution in [0.15, 0.2) is 120 Å². The van der Waals surface area contributed by atoms with E-state index in [9.17, 15) is 9.00 Å². The number of carbonyl (C=O) groups is 1. The van der Waals surface area contributed by atoms with Gasteiger partial charge in [-0.15, -0.1) is 0 Å². The van der Waals surface area contributed by atoms with Crippen LogP contribution in [-0.4, -0.2) is 27.1 Å². The second-order valence-electron chi connectivity index (χ2n) is 9.32. The van der Waals surface area contributed by atoms with Crippen molar-refractivity contribution in [1.29, 1.82) is 0 Å². The number of hydrogen-bond donors (Lipinski definition) is 1. The fourth-order valence-corrected chi connectivity index (χ4v) is 6.61. The topological polar surface area (TPSA) is 58.6 Å². The Hall–Kier alpha value is -3.58. The molecule has 188 valence electrons. The lowest BCUT2D eigenvalue weighted by molar-refractivity contribution is -0.149. The summed E-state index contributed by atoms with van der Waals surface area (Å²) in [5.41, 5.74) is 2.68. The first kappa shape index (κ1) is 25.1. The Morgan fingerprint density at radius 3 is 1.95 bits per heavy atom. The Morgan fingerprint density at radius 1 is 0.838 bits per heavy atom. The van der Waals surface area contributed by atoms with Gasteiger partial charge in [-0.05, 0) is 35.7 Å². The SMILES string of the molecule is COC(=O)[C@]1(Cc2ccccc2)N[C@H](c2ccccc2)N([S@@](=O)c2ccc(C)cc2)[C@@H]1c1ccccc1. The second kappa shape index (κ2) is 10.8. The van der Waals surface area contributed by atoms with Crippen LogP contribution in [0.2, 0.25) is 0 Å². The molecule has 37 heavy (non-hydrogen) atoms. The summed E-state index contributed by atoms with van der Waals surface area (Å²) in [4.78, 5) is 14.5. The van der Waals surface area contributed by atoms with Crippen LogP contribution in [0, 0.1) is 6.92 Å². The van der Waals surface area contributed by atoms with Crippen molar-refractivity contribution in [3.8, 4) is 0 Å². The largest absolute Gasteiger partial charge is 0.468 e. The van der Waals surface area contributed by atoms with E-state index in [1.807, 2.05) is 126 Å². The van der Waals surface area contributed by atoms with E-state index in [0.717, 1.165) is 22.3 Å². The zero-order valence-corrected chi connectivity index (χ0v) is 21.7. The smallest absolute Gasteiger partial charge is 0.328 e. The minimum absolute atomic E-state index is 0.366. The van der Waals surface area contributed by atoms with Gasteiger partial charge in [-0.3, -0.25) is 5.32 Å². The first-order valence-corrected chi connectivity index (χ1v) is 13.4. The van der Waals surface area contributed by atoms with E-state index in [-0.39, 0.29) is 0 Å². The van der Waals surface area contributed by atoms with Gasteiger partial charge < -0.3 is 4.74 Å². The van der Waals surface area contributed by atoms with Crippen LogP contribution in [0.1, 0.15) is 34.5 Å². The molecule has 1 aliphatic heterocycles. The molecule has 0 saturated carbocycles. The van der Waals surface area contributed by atoms with Gasteiger partial charge in [0.1, 0.15) is 16.5 Å². The molecule has 1 heterocycles. The van der Waals surface area contributed by atoms with E-state index < -0.39 is 34.7 Å². The van der Waals surface area contributed by atoms with Crippen molar-refractivity contribution in [1.82, 2.24) is 9.62 Å². The first-order chi connectivity index (χ1) is 18.0. The molecular formula is C31H30N2O3S. The summed E-state index contributed by atoms with van der Waals surface area (Å²) in [6.07, 6.45) is -0.137. The monoisotopic (exact) mass is 510 g/mol. The molecule has 4 aromatic carbocycles. The van der Waals surface area contributed by atoms with Gasteiger partial charge in [0, 0.05) is 6.42 Å².